The maximum atomic E-state index is 6.43. The number of fused-ring (bicyclic) bond motifs is 3. The molecule has 2 atom stereocenters. The number of hydrazone groups is 1. The molecule has 1 aromatic heterocycles. The van der Waals surface area contributed by atoms with Crippen LogP contribution in [0.25, 0.3) is 0 Å². The van der Waals surface area contributed by atoms with Gasteiger partial charge in [0.25, 0.3) is 0 Å². The molecule has 5 nitrogen and oxygen atoms in total. The van der Waals surface area contributed by atoms with Gasteiger partial charge in [-0.25, -0.2) is 5.01 Å². The number of hydrogen-bond donors (Lipinski definition) is 0. The number of benzene rings is 2. The summed E-state index contributed by atoms with van der Waals surface area (Å²) in [6, 6.07) is 16.2. The third kappa shape index (κ3) is 3.32. The van der Waals surface area contributed by atoms with Crippen molar-refractivity contribution in [3.8, 4) is 11.5 Å². The van der Waals surface area contributed by atoms with Crippen LogP contribution in [0, 0.1) is 0 Å². The molecule has 3 aromatic rings. The van der Waals surface area contributed by atoms with Crippen LogP contribution < -0.4 is 9.47 Å². The predicted octanol–water partition coefficient (Wildman–Crippen LogP) is 5.86. The van der Waals surface area contributed by atoms with E-state index in [4.69, 9.17) is 14.6 Å². The molecule has 0 unspecified atom stereocenters. The molecule has 0 N–H and O–H groups in total. The Bertz CT molecular complexity index is 1090. The SMILES string of the molecule is COc1ccc(C2=NN3[C@@H](c4cccnc4)Oc4c(Br)cc(Br)cc4[C@@H]3C2)cc1. The average molecular weight is 515 g/mol. The molecule has 0 aliphatic carbocycles. The van der Waals surface area contributed by atoms with Crippen molar-refractivity contribution in [2.75, 3.05) is 7.11 Å². The fourth-order valence-corrected chi connectivity index (χ4v) is 5.17. The molecule has 0 radical (unpaired) electrons. The van der Waals surface area contributed by atoms with Crippen molar-refractivity contribution in [2.45, 2.75) is 18.7 Å². The van der Waals surface area contributed by atoms with E-state index in [1.165, 1.54) is 0 Å². The largest absolute Gasteiger partial charge is 0.497 e. The molecule has 7 heteroatoms. The third-order valence-electron chi connectivity index (χ3n) is 5.20. The molecule has 2 aliphatic heterocycles. The number of ether oxygens (including phenoxy) is 2. The van der Waals surface area contributed by atoms with Gasteiger partial charge < -0.3 is 9.47 Å². The van der Waals surface area contributed by atoms with Crippen LogP contribution in [0.2, 0.25) is 0 Å². The maximum absolute atomic E-state index is 6.43. The molecule has 29 heavy (non-hydrogen) atoms. The first-order valence-electron chi connectivity index (χ1n) is 9.20. The molecular formula is C22H17Br2N3O2. The first-order chi connectivity index (χ1) is 14.1. The number of nitrogens with zero attached hydrogens (tertiary/aromatic N) is 3. The van der Waals surface area contributed by atoms with Crippen molar-refractivity contribution < 1.29 is 9.47 Å². The van der Waals surface area contributed by atoms with E-state index in [0.717, 1.165) is 49.3 Å². The van der Waals surface area contributed by atoms with Gasteiger partial charge in [0, 0.05) is 34.4 Å². The summed E-state index contributed by atoms with van der Waals surface area (Å²) >= 11 is 7.27. The highest BCUT2D eigenvalue weighted by molar-refractivity contribution is 9.11. The molecule has 0 fully saturated rings. The molecule has 2 aromatic carbocycles. The third-order valence-corrected chi connectivity index (χ3v) is 6.25. The van der Waals surface area contributed by atoms with Gasteiger partial charge in [-0.2, -0.15) is 5.10 Å². The highest BCUT2D eigenvalue weighted by atomic mass is 79.9. The smallest absolute Gasteiger partial charge is 0.215 e. The molecule has 0 saturated carbocycles. The second-order valence-electron chi connectivity index (χ2n) is 6.94. The van der Waals surface area contributed by atoms with Gasteiger partial charge in [-0.3, -0.25) is 4.98 Å². The number of methoxy groups -OCH3 is 1. The number of rotatable bonds is 3. The highest BCUT2D eigenvalue weighted by Gasteiger charge is 2.42. The Morgan fingerprint density at radius 1 is 1.14 bits per heavy atom. The molecule has 0 bridgehead atoms. The Hall–Kier alpha value is -2.38. The molecule has 5 rings (SSSR count). The van der Waals surface area contributed by atoms with E-state index in [-0.39, 0.29) is 12.3 Å². The number of halogens is 2. The molecule has 0 spiro atoms. The zero-order valence-electron chi connectivity index (χ0n) is 15.5. The lowest BCUT2D eigenvalue weighted by Crippen LogP contribution is -2.34. The van der Waals surface area contributed by atoms with E-state index >= 15 is 0 Å². The lowest BCUT2D eigenvalue weighted by molar-refractivity contribution is -0.0199. The van der Waals surface area contributed by atoms with Crippen LogP contribution in [0.15, 0.2) is 75.0 Å². The van der Waals surface area contributed by atoms with E-state index in [1.54, 1.807) is 13.3 Å². The second kappa shape index (κ2) is 7.46. The first-order valence-corrected chi connectivity index (χ1v) is 10.8. The van der Waals surface area contributed by atoms with Gasteiger partial charge in [-0.05, 0) is 64.0 Å². The van der Waals surface area contributed by atoms with Gasteiger partial charge in [0.1, 0.15) is 11.5 Å². The fourth-order valence-electron chi connectivity index (χ4n) is 3.81. The molecule has 2 aliphatic rings. The minimum atomic E-state index is -0.338. The van der Waals surface area contributed by atoms with Gasteiger partial charge in [-0.15, -0.1) is 0 Å². The number of hydrogen-bond acceptors (Lipinski definition) is 5. The average Bonchev–Trinajstić information content (AvgIpc) is 3.20. The van der Waals surface area contributed by atoms with Gasteiger partial charge in [0.2, 0.25) is 6.23 Å². The van der Waals surface area contributed by atoms with Crippen LogP contribution in [0.3, 0.4) is 0 Å². The summed E-state index contributed by atoms with van der Waals surface area (Å²) in [6.45, 7) is 0. The highest BCUT2D eigenvalue weighted by Crippen LogP contribution is 2.50. The molecular weight excluding hydrogens is 498 g/mol. The van der Waals surface area contributed by atoms with Crippen LogP contribution in [-0.2, 0) is 0 Å². The first kappa shape index (κ1) is 18.6. The van der Waals surface area contributed by atoms with Crippen LogP contribution in [-0.4, -0.2) is 22.8 Å². The number of pyridine rings is 1. The van der Waals surface area contributed by atoms with Crippen LogP contribution >= 0.6 is 31.9 Å². The number of aromatic nitrogens is 1. The van der Waals surface area contributed by atoms with Gasteiger partial charge in [0.05, 0.1) is 23.3 Å². The Kier molecular flexibility index (Phi) is 4.80. The van der Waals surface area contributed by atoms with Crippen molar-refractivity contribution >= 4 is 37.6 Å². The zero-order chi connectivity index (χ0) is 20.0. The van der Waals surface area contributed by atoms with Gasteiger partial charge in [0.15, 0.2) is 0 Å². The lowest BCUT2D eigenvalue weighted by atomic mass is 9.96. The molecule has 146 valence electrons. The van der Waals surface area contributed by atoms with E-state index < -0.39 is 0 Å². The molecule has 0 amide bonds. The minimum absolute atomic E-state index is 0.0786. The van der Waals surface area contributed by atoms with Gasteiger partial charge >= 0.3 is 0 Å². The van der Waals surface area contributed by atoms with Crippen molar-refractivity contribution in [1.29, 1.82) is 0 Å². The van der Waals surface area contributed by atoms with Crippen LogP contribution in [0.4, 0.5) is 0 Å². The minimum Gasteiger partial charge on any atom is -0.497 e. The van der Waals surface area contributed by atoms with Crippen molar-refractivity contribution in [1.82, 2.24) is 9.99 Å². The summed E-state index contributed by atoms with van der Waals surface area (Å²) in [5.74, 6) is 1.69. The summed E-state index contributed by atoms with van der Waals surface area (Å²) in [6.07, 6.45) is 4.05. The maximum Gasteiger partial charge on any atom is 0.215 e. The summed E-state index contributed by atoms with van der Waals surface area (Å²) in [5, 5.41) is 7.03. The summed E-state index contributed by atoms with van der Waals surface area (Å²) in [4.78, 5) is 4.27. The summed E-state index contributed by atoms with van der Waals surface area (Å²) in [7, 11) is 1.67. The lowest BCUT2D eigenvalue weighted by Gasteiger charge is -2.38. The Balaban J connectivity index is 1.60. The van der Waals surface area contributed by atoms with Crippen molar-refractivity contribution in [2.24, 2.45) is 5.10 Å². The van der Waals surface area contributed by atoms with E-state index in [2.05, 4.69) is 47.9 Å². The van der Waals surface area contributed by atoms with Gasteiger partial charge in [-0.1, -0.05) is 22.0 Å². The van der Waals surface area contributed by atoms with E-state index in [9.17, 15) is 0 Å². The standard InChI is InChI=1S/C22H17Br2N3O2/c1-28-16-6-4-13(5-7-16)19-11-20-17-9-15(23)10-18(24)21(17)29-22(27(20)26-19)14-3-2-8-25-12-14/h2-10,12,20,22H,11H2,1H3/t20-,22+/m0/s1. The van der Waals surface area contributed by atoms with Crippen LogP contribution in [0.1, 0.15) is 35.4 Å². The van der Waals surface area contributed by atoms with Crippen molar-refractivity contribution in [3.63, 3.8) is 0 Å². The zero-order valence-corrected chi connectivity index (χ0v) is 18.7. The van der Waals surface area contributed by atoms with Crippen LogP contribution in [0.5, 0.6) is 11.5 Å². The second-order valence-corrected chi connectivity index (χ2v) is 8.71. The Morgan fingerprint density at radius 3 is 2.69 bits per heavy atom. The van der Waals surface area contributed by atoms with Crippen molar-refractivity contribution in [3.05, 3.63) is 86.6 Å². The molecule has 3 heterocycles. The molecule has 0 saturated heterocycles. The van der Waals surface area contributed by atoms with E-state index in [0.29, 0.717) is 0 Å². The normalized spacial score (nSPS) is 19.8. The summed E-state index contributed by atoms with van der Waals surface area (Å²) < 4.78 is 13.6. The topological polar surface area (TPSA) is 47.0 Å². The fraction of sp³-hybridized carbons (Fsp3) is 0.182. The quantitative estimate of drug-likeness (QED) is 0.439. The predicted molar refractivity (Wildman–Crippen MR) is 118 cm³/mol. The Morgan fingerprint density at radius 2 is 1.97 bits per heavy atom. The summed E-state index contributed by atoms with van der Waals surface area (Å²) in [5.41, 5.74) is 4.19. The Labute approximate surface area is 185 Å². The monoisotopic (exact) mass is 513 g/mol. The van der Waals surface area contributed by atoms with E-state index in [1.807, 2.05) is 48.7 Å².